The highest BCUT2D eigenvalue weighted by atomic mass is 16.5. The van der Waals surface area contributed by atoms with Crippen molar-refractivity contribution in [1.29, 1.82) is 5.26 Å². The maximum absolute atomic E-state index is 8.70. The molecule has 0 radical (unpaired) electrons. The summed E-state index contributed by atoms with van der Waals surface area (Å²) in [4.78, 5) is 4.51. The molecule has 0 spiro atoms. The molecule has 1 aromatic heterocycles. The predicted octanol–water partition coefficient (Wildman–Crippen LogP) is 3.08. The highest BCUT2D eigenvalue weighted by molar-refractivity contribution is 5.40. The van der Waals surface area contributed by atoms with Crippen LogP contribution in [0.1, 0.15) is 43.0 Å². The first kappa shape index (κ1) is 13.6. The Hall–Kier alpha value is -2.35. The number of aromatic nitrogens is 2. The van der Waals surface area contributed by atoms with Crippen molar-refractivity contribution in [2.75, 3.05) is 6.61 Å². The summed E-state index contributed by atoms with van der Waals surface area (Å²) < 4.78 is 11.0. The molecule has 2 heterocycles. The topological polar surface area (TPSA) is 71.9 Å². The first-order valence-electron chi connectivity index (χ1n) is 7.19. The molecule has 21 heavy (non-hydrogen) atoms. The second-order valence-electron chi connectivity index (χ2n) is 5.45. The van der Waals surface area contributed by atoms with Crippen LogP contribution in [-0.2, 0) is 6.42 Å². The molecule has 0 saturated carbocycles. The van der Waals surface area contributed by atoms with E-state index in [2.05, 4.69) is 16.2 Å². The smallest absolute Gasteiger partial charge is 0.226 e. The van der Waals surface area contributed by atoms with Crippen molar-refractivity contribution in [2.24, 2.45) is 5.92 Å². The SMILES string of the molecule is CC(CC#N)Cc1nc(C2CCOc3ccccc32)no1. The Morgan fingerprint density at radius 2 is 2.29 bits per heavy atom. The van der Waals surface area contributed by atoms with E-state index >= 15 is 0 Å². The van der Waals surface area contributed by atoms with Crippen LogP contribution in [-0.4, -0.2) is 16.7 Å². The molecular weight excluding hydrogens is 266 g/mol. The van der Waals surface area contributed by atoms with E-state index < -0.39 is 0 Å². The zero-order valence-electron chi connectivity index (χ0n) is 12.0. The highest BCUT2D eigenvalue weighted by Crippen LogP contribution is 2.36. The lowest BCUT2D eigenvalue weighted by Crippen LogP contribution is -2.16. The van der Waals surface area contributed by atoms with Crippen molar-refractivity contribution < 1.29 is 9.26 Å². The third kappa shape index (κ3) is 2.89. The monoisotopic (exact) mass is 283 g/mol. The van der Waals surface area contributed by atoms with E-state index in [9.17, 15) is 0 Å². The van der Waals surface area contributed by atoms with E-state index in [1.54, 1.807) is 0 Å². The average Bonchev–Trinajstić information content (AvgIpc) is 2.95. The van der Waals surface area contributed by atoms with Gasteiger partial charge in [-0.1, -0.05) is 30.3 Å². The van der Waals surface area contributed by atoms with Crippen LogP contribution in [0.2, 0.25) is 0 Å². The summed E-state index contributed by atoms with van der Waals surface area (Å²) in [6.45, 7) is 2.67. The van der Waals surface area contributed by atoms with Gasteiger partial charge in [-0.3, -0.25) is 0 Å². The number of hydrogen-bond donors (Lipinski definition) is 0. The predicted molar refractivity (Wildman–Crippen MR) is 75.8 cm³/mol. The fraction of sp³-hybridized carbons (Fsp3) is 0.438. The van der Waals surface area contributed by atoms with Crippen LogP contribution < -0.4 is 4.74 Å². The maximum Gasteiger partial charge on any atom is 0.226 e. The van der Waals surface area contributed by atoms with E-state index in [-0.39, 0.29) is 11.8 Å². The highest BCUT2D eigenvalue weighted by Gasteiger charge is 2.27. The van der Waals surface area contributed by atoms with Crippen LogP contribution in [0.4, 0.5) is 0 Å². The Balaban J connectivity index is 1.80. The van der Waals surface area contributed by atoms with Crippen molar-refractivity contribution in [3.63, 3.8) is 0 Å². The Kier molecular flexibility index (Phi) is 3.87. The first-order chi connectivity index (χ1) is 10.3. The second kappa shape index (κ2) is 5.96. The van der Waals surface area contributed by atoms with Crippen LogP contribution >= 0.6 is 0 Å². The van der Waals surface area contributed by atoms with Crippen LogP contribution in [0.25, 0.3) is 0 Å². The molecule has 1 aromatic carbocycles. The molecule has 0 fully saturated rings. The summed E-state index contributed by atoms with van der Waals surface area (Å²) in [5.74, 6) is 2.57. The van der Waals surface area contributed by atoms with Gasteiger partial charge in [-0.25, -0.2) is 0 Å². The number of para-hydroxylation sites is 1. The number of nitriles is 1. The molecule has 0 aliphatic carbocycles. The van der Waals surface area contributed by atoms with Crippen LogP contribution in [0.3, 0.4) is 0 Å². The molecule has 3 rings (SSSR count). The van der Waals surface area contributed by atoms with Crippen LogP contribution in [0, 0.1) is 17.2 Å². The van der Waals surface area contributed by atoms with E-state index in [0.717, 1.165) is 17.7 Å². The maximum atomic E-state index is 8.70. The van der Waals surface area contributed by atoms with E-state index in [4.69, 9.17) is 14.5 Å². The van der Waals surface area contributed by atoms with Gasteiger partial charge in [-0.05, 0) is 18.4 Å². The molecule has 2 unspecified atom stereocenters. The average molecular weight is 283 g/mol. The Labute approximate surface area is 123 Å². The molecule has 1 aliphatic rings. The number of ether oxygens (including phenoxy) is 1. The molecule has 2 aromatic rings. The summed E-state index contributed by atoms with van der Waals surface area (Å²) in [7, 11) is 0. The Morgan fingerprint density at radius 3 is 3.14 bits per heavy atom. The van der Waals surface area contributed by atoms with Crippen molar-refractivity contribution in [1.82, 2.24) is 10.1 Å². The van der Waals surface area contributed by atoms with Crippen molar-refractivity contribution in [2.45, 2.75) is 32.1 Å². The van der Waals surface area contributed by atoms with E-state index in [1.165, 1.54) is 0 Å². The second-order valence-corrected chi connectivity index (χ2v) is 5.45. The lowest BCUT2D eigenvalue weighted by atomic mass is 9.92. The van der Waals surface area contributed by atoms with Crippen LogP contribution in [0.15, 0.2) is 28.8 Å². The van der Waals surface area contributed by atoms with Gasteiger partial charge in [-0.2, -0.15) is 10.2 Å². The number of rotatable bonds is 4. The number of hydrogen-bond acceptors (Lipinski definition) is 5. The van der Waals surface area contributed by atoms with Gasteiger partial charge in [0.2, 0.25) is 5.89 Å². The van der Waals surface area contributed by atoms with E-state index in [1.807, 2.05) is 31.2 Å². The zero-order chi connectivity index (χ0) is 14.7. The largest absolute Gasteiger partial charge is 0.493 e. The van der Waals surface area contributed by atoms with Gasteiger partial charge < -0.3 is 9.26 Å². The third-order valence-electron chi connectivity index (χ3n) is 3.72. The third-order valence-corrected chi connectivity index (χ3v) is 3.72. The molecule has 0 N–H and O–H groups in total. The molecule has 1 aliphatic heterocycles. The van der Waals surface area contributed by atoms with Crippen molar-refractivity contribution in [3.8, 4) is 11.8 Å². The minimum Gasteiger partial charge on any atom is -0.493 e. The standard InChI is InChI=1S/C16H17N3O2/c1-11(6-8-17)10-15-18-16(19-21-15)13-7-9-20-14-5-3-2-4-12(13)14/h2-5,11,13H,6-7,9-10H2,1H3. The molecular formula is C16H17N3O2. The van der Waals surface area contributed by atoms with Gasteiger partial charge in [0.1, 0.15) is 5.75 Å². The lowest BCUT2D eigenvalue weighted by molar-refractivity contribution is 0.272. The molecule has 2 atom stereocenters. The number of fused-ring (bicyclic) bond motifs is 1. The van der Waals surface area contributed by atoms with Gasteiger partial charge in [0.05, 0.1) is 18.6 Å². The Bertz CT molecular complexity index is 660. The summed E-state index contributed by atoms with van der Waals surface area (Å²) in [6, 6.07) is 10.1. The quantitative estimate of drug-likeness (QED) is 0.862. The molecule has 0 saturated heterocycles. The zero-order valence-corrected chi connectivity index (χ0v) is 12.0. The van der Waals surface area contributed by atoms with Gasteiger partial charge in [0, 0.05) is 18.4 Å². The Morgan fingerprint density at radius 1 is 1.43 bits per heavy atom. The lowest BCUT2D eigenvalue weighted by Gasteiger charge is -2.23. The fourth-order valence-electron chi connectivity index (χ4n) is 2.63. The van der Waals surface area contributed by atoms with Crippen molar-refractivity contribution in [3.05, 3.63) is 41.5 Å². The van der Waals surface area contributed by atoms with E-state index in [0.29, 0.717) is 31.2 Å². The summed E-state index contributed by atoms with van der Waals surface area (Å²) in [6.07, 6.45) is 1.99. The first-order valence-corrected chi connectivity index (χ1v) is 7.19. The molecule has 5 heteroatoms. The van der Waals surface area contributed by atoms with Gasteiger partial charge in [0.15, 0.2) is 5.82 Å². The summed E-state index contributed by atoms with van der Waals surface area (Å²) >= 11 is 0. The van der Waals surface area contributed by atoms with Gasteiger partial charge in [-0.15, -0.1) is 0 Å². The molecule has 0 bridgehead atoms. The van der Waals surface area contributed by atoms with Crippen LogP contribution in [0.5, 0.6) is 5.75 Å². The summed E-state index contributed by atoms with van der Waals surface area (Å²) in [5.41, 5.74) is 1.11. The number of nitrogens with zero attached hydrogens (tertiary/aromatic N) is 3. The minimum absolute atomic E-state index is 0.124. The number of benzene rings is 1. The van der Waals surface area contributed by atoms with Gasteiger partial charge in [0.25, 0.3) is 0 Å². The molecule has 0 amide bonds. The summed E-state index contributed by atoms with van der Waals surface area (Å²) in [5, 5.41) is 12.8. The van der Waals surface area contributed by atoms with Crippen molar-refractivity contribution >= 4 is 0 Å². The normalized spacial score (nSPS) is 18.4. The molecule has 5 nitrogen and oxygen atoms in total. The fourth-order valence-corrected chi connectivity index (χ4v) is 2.63. The minimum atomic E-state index is 0.124. The van der Waals surface area contributed by atoms with Gasteiger partial charge >= 0.3 is 0 Å². The molecule has 108 valence electrons.